The van der Waals surface area contributed by atoms with E-state index in [9.17, 15) is 0 Å². The van der Waals surface area contributed by atoms with Gasteiger partial charge in [0.1, 0.15) is 0 Å². The molecule has 68 valence electrons. The Hall–Kier alpha value is 0.757. The van der Waals surface area contributed by atoms with E-state index in [4.69, 9.17) is 27.3 Å². The van der Waals surface area contributed by atoms with Crippen LogP contribution in [0.15, 0.2) is 0 Å². The van der Waals surface area contributed by atoms with Crippen molar-refractivity contribution >= 4 is 29.6 Å². The Kier molecular flexibility index (Phi) is 9.46. The van der Waals surface area contributed by atoms with Crippen LogP contribution in [0.1, 0.15) is 32.1 Å². The summed E-state index contributed by atoms with van der Waals surface area (Å²) >= 11 is 11.4. The molecule has 0 aromatic heterocycles. The van der Waals surface area contributed by atoms with Gasteiger partial charge in [-0.05, 0) is 12.5 Å². The molecule has 0 fully saturated rings. The van der Waals surface area contributed by atoms with Crippen molar-refractivity contribution in [3.05, 3.63) is 0 Å². The summed E-state index contributed by atoms with van der Waals surface area (Å²) in [6.45, 7) is 0.322. The number of aliphatic hydroxyl groups excluding tert-OH is 1. The topological polar surface area (TPSA) is 20.2 Å². The van der Waals surface area contributed by atoms with Crippen LogP contribution in [0.5, 0.6) is 0 Å². The van der Waals surface area contributed by atoms with E-state index in [1.54, 1.807) is 0 Å². The minimum Gasteiger partial charge on any atom is -0.396 e. The lowest BCUT2D eigenvalue weighted by Crippen LogP contribution is -1.91. The minimum atomic E-state index is -1.33. The van der Waals surface area contributed by atoms with Gasteiger partial charge in [0, 0.05) is 6.61 Å². The molecule has 0 unspecified atom stereocenters. The average molecular weight is 215 g/mol. The van der Waals surface area contributed by atoms with Crippen LogP contribution in [0.25, 0.3) is 0 Å². The maximum absolute atomic E-state index is 8.48. The molecule has 0 saturated heterocycles. The highest BCUT2D eigenvalue weighted by molar-refractivity contribution is 7.33. The Morgan fingerprint density at radius 3 is 2.00 bits per heavy atom. The quantitative estimate of drug-likeness (QED) is 0.393. The lowest BCUT2D eigenvalue weighted by Gasteiger charge is -1.99. The fourth-order valence-corrected chi connectivity index (χ4v) is 2.46. The molecule has 0 aliphatic heterocycles. The van der Waals surface area contributed by atoms with Gasteiger partial charge in [0.25, 0.3) is 0 Å². The Labute approximate surface area is 79.7 Å². The highest BCUT2D eigenvalue weighted by Crippen LogP contribution is 2.11. The third-order valence-corrected chi connectivity index (χ3v) is 3.73. The molecule has 0 aliphatic rings. The maximum Gasteiger partial charge on any atom is 0.237 e. The van der Waals surface area contributed by atoms with Gasteiger partial charge >= 0.3 is 0 Å². The van der Waals surface area contributed by atoms with Gasteiger partial charge in [0.2, 0.25) is 7.42 Å². The molecule has 0 saturated carbocycles. The predicted octanol–water partition coefficient (Wildman–Crippen LogP) is 2.63. The third kappa shape index (κ3) is 10.8. The van der Waals surface area contributed by atoms with Crippen LogP contribution in [0, 0.1) is 0 Å². The molecule has 0 spiro atoms. The molecule has 0 atom stereocenters. The van der Waals surface area contributed by atoms with E-state index in [1.807, 2.05) is 0 Å². The summed E-state index contributed by atoms with van der Waals surface area (Å²) in [7, 11) is -1.33. The van der Waals surface area contributed by atoms with E-state index in [0.29, 0.717) is 6.61 Å². The Bertz CT molecular complexity index is 80.8. The molecule has 0 radical (unpaired) electrons. The zero-order valence-corrected chi connectivity index (χ0v) is 9.40. The van der Waals surface area contributed by atoms with Crippen LogP contribution < -0.4 is 0 Å². The molecule has 0 bridgehead atoms. The van der Waals surface area contributed by atoms with Crippen LogP contribution in [-0.4, -0.2) is 19.1 Å². The highest BCUT2D eigenvalue weighted by Gasteiger charge is 1.99. The van der Waals surface area contributed by atoms with Crippen LogP contribution in [0.3, 0.4) is 0 Å². The van der Waals surface area contributed by atoms with Gasteiger partial charge in [0.15, 0.2) is 0 Å². The number of aliphatic hydroxyl groups is 1. The second-order valence-electron chi connectivity index (χ2n) is 2.67. The fraction of sp³-hybridized carbons (Fsp3) is 1.00. The molecule has 0 rings (SSSR count). The predicted molar refractivity (Wildman–Crippen MR) is 53.8 cm³/mol. The minimum absolute atomic E-state index is 0.322. The van der Waals surface area contributed by atoms with E-state index >= 15 is 0 Å². The highest BCUT2D eigenvalue weighted by atomic mass is 35.7. The molecule has 0 heterocycles. The third-order valence-electron chi connectivity index (χ3n) is 1.58. The number of halogens is 2. The van der Waals surface area contributed by atoms with Gasteiger partial charge < -0.3 is 5.11 Å². The molecule has 0 amide bonds. The molecule has 1 nitrogen and oxygen atoms in total. The van der Waals surface area contributed by atoms with E-state index < -0.39 is 7.42 Å². The van der Waals surface area contributed by atoms with Crippen LogP contribution in [0.4, 0.5) is 0 Å². The van der Waals surface area contributed by atoms with Crippen LogP contribution in [0.2, 0.25) is 6.04 Å². The molecular formula is C7H16Cl2OSi. The molecular weight excluding hydrogens is 199 g/mol. The summed E-state index contributed by atoms with van der Waals surface area (Å²) in [4.78, 5) is 0. The Morgan fingerprint density at radius 2 is 1.45 bits per heavy atom. The molecule has 0 aliphatic carbocycles. The van der Waals surface area contributed by atoms with E-state index in [0.717, 1.165) is 25.3 Å². The van der Waals surface area contributed by atoms with Crippen LogP contribution in [-0.2, 0) is 0 Å². The summed E-state index contributed by atoms with van der Waals surface area (Å²) in [6, 6.07) is 1.03. The van der Waals surface area contributed by atoms with Crippen molar-refractivity contribution in [2.24, 2.45) is 0 Å². The zero-order valence-electron chi connectivity index (χ0n) is 6.73. The number of unbranched alkanes of at least 4 members (excludes halogenated alkanes) is 4. The standard InChI is InChI=1S/C7H16Cl2OSi/c8-11(9)7-5-3-1-2-4-6-10/h10-11H,1-7H2. The first-order valence-electron chi connectivity index (χ1n) is 4.16. The van der Waals surface area contributed by atoms with Gasteiger partial charge in [-0.25, -0.2) is 0 Å². The molecule has 11 heavy (non-hydrogen) atoms. The second-order valence-corrected chi connectivity index (χ2v) is 7.86. The van der Waals surface area contributed by atoms with E-state index in [-0.39, 0.29) is 0 Å². The van der Waals surface area contributed by atoms with Gasteiger partial charge in [-0.1, -0.05) is 25.7 Å². The van der Waals surface area contributed by atoms with Crippen molar-refractivity contribution < 1.29 is 5.11 Å². The molecule has 1 N–H and O–H groups in total. The van der Waals surface area contributed by atoms with Crippen molar-refractivity contribution in [2.75, 3.05) is 6.61 Å². The summed E-state index contributed by atoms with van der Waals surface area (Å²) in [6.07, 6.45) is 5.64. The summed E-state index contributed by atoms with van der Waals surface area (Å²) in [5.74, 6) is 0. The van der Waals surface area contributed by atoms with E-state index in [2.05, 4.69) is 0 Å². The van der Waals surface area contributed by atoms with Gasteiger partial charge in [-0.2, -0.15) is 22.2 Å². The van der Waals surface area contributed by atoms with Gasteiger partial charge in [-0.3, -0.25) is 0 Å². The van der Waals surface area contributed by atoms with Gasteiger partial charge in [-0.15, -0.1) is 0 Å². The largest absolute Gasteiger partial charge is 0.396 e. The summed E-state index contributed by atoms with van der Waals surface area (Å²) in [5.41, 5.74) is 0. The first-order chi connectivity index (χ1) is 5.27. The van der Waals surface area contributed by atoms with Crippen molar-refractivity contribution in [3.8, 4) is 0 Å². The van der Waals surface area contributed by atoms with Gasteiger partial charge in [0.05, 0.1) is 0 Å². The maximum atomic E-state index is 8.48. The monoisotopic (exact) mass is 214 g/mol. The number of hydrogen-bond acceptors (Lipinski definition) is 1. The van der Waals surface area contributed by atoms with Crippen molar-refractivity contribution in [3.63, 3.8) is 0 Å². The lowest BCUT2D eigenvalue weighted by molar-refractivity contribution is 0.282. The Morgan fingerprint density at radius 1 is 0.909 bits per heavy atom. The van der Waals surface area contributed by atoms with Crippen molar-refractivity contribution in [1.29, 1.82) is 0 Å². The number of rotatable bonds is 7. The van der Waals surface area contributed by atoms with Crippen molar-refractivity contribution in [2.45, 2.75) is 38.1 Å². The fourth-order valence-electron chi connectivity index (χ4n) is 0.941. The number of hydrogen-bond donors (Lipinski definition) is 1. The lowest BCUT2D eigenvalue weighted by atomic mass is 10.2. The SMILES string of the molecule is OCCCCCCC[SiH](Cl)Cl. The zero-order chi connectivity index (χ0) is 8.53. The summed E-state index contributed by atoms with van der Waals surface area (Å²) in [5, 5.41) is 8.48. The molecule has 0 aromatic rings. The second kappa shape index (κ2) is 8.85. The smallest absolute Gasteiger partial charge is 0.237 e. The molecule has 4 heteroatoms. The van der Waals surface area contributed by atoms with E-state index in [1.165, 1.54) is 12.8 Å². The van der Waals surface area contributed by atoms with Crippen LogP contribution >= 0.6 is 22.2 Å². The first-order valence-corrected chi connectivity index (χ1v) is 8.47. The first kappa shape index (κ1) is 11.8. The van der Waals surface area contributed by atoms with Crippen molar-refractivity contribution in [1.82, 2.24) is 0 Å². The average Bonchev–Trinajstić information content (AvgIpc) is 1.96. The normalized spacial score (nSPS) is 10.9. The summed E-state index contributed by atoms with van der Waals surface area (Å²) < 4.78 is 0. The Balaban J connectivity index is 2.80. The molecule has 0 aromatic carbocycles.